The van der Waals surface area contributed by atoms with Crippen LogP contribution >= 0.6 is 0 Å². The van der Waals surface area contributed by atoms with Crippen LogP contribution in [0, 0.1) is 0 Å². The third-order valence-electron chi connectivity index (χ3n) is 4.38. The Bertz CT molecular complexity index is 1020. The highest BCUT2D eigenvalue weighted by atomic mass is 16.5. The normalized spacial score (nSPS) is 10.2. The number of carbonyl (C=O) groups is 2. The molecule has 0 aliphatic rings. The molecular formula is C23H23N3O3. The Balaban J connectivity index is 1.60. The van der Waals surface area contributed by atoms with Gasteiger partial charge in [-0.05, 0) is 53.6 Å². The third-order valence-corrected chi connectivity index (χ3v) is 4.38. The van der Waals surface area contributed by atoms with Crippen LogP contribution in [0.5, 0.6) is 5.75 Å². The quantitative estimate of drug-likeness (QED) is 0.541. The summed E-state index contributed by atoms with van der Waals surface area (Å²) < 4.78 is 5.19. The van der Waals surface area contributed by atoms with E-state index in [-0.39, 0.29) is 11.8 Å². The molecule has 29 heavy (non-hydrogen) atoms. The predicted octanol–water partition coefficient (Wildman–Crippen LogP) is 3.14. The molecule has 148 valence electrons. The van der Waals surface area contributed by atoms with Crippen molar-refractivity contribution >= 4 is 17.5 Å². The van der Waals surface area contributed by atoms with Gasteiger partial charge in [-0.1, -0.05) is 30.3 Å². The molecule has 3 aromatic rings. The van der Waals surface area contributed by atoms with Gasteiger partial charge in [-0.3, -0.25) is 9.59 Å². The van der Waals surface area contributed by atoms with Crippen LogP contribution in [0.2, 0.25) is 0 Å². The summed E-state index contributed by atoms with van der Waals surface area (Å²) in [7, 11) is 1.60. The van der Waals surface area contributed by atoms with Gasteiger partial charge >= 0.3 is 0 Å². The van der Waals surface area contributed by atoms with Crippen molar-refractivity contribution < 1.29 is 14.3 Å². The monoisotopic (exact) mass is 389 g/mol. The van der Waals surface area contributed by atoms with E-state index in [1.807, 2.05) is 42.5 Å². The Hall–Kier alpha value is -3.80. The summed E-state index contributed by atoms with van der Waals surface area (Å²) in [6.07, 6.45) is 0. The summed E-state index contributed by atoms with van der Waals surface area (Å²) in [5, 5.41) is 5.70. The van der Waals surface area contributed by atoms with E-state index in [9.17, 15) is 9.59 Å². The molecule has 6 heteroatoms. The zero-order valence-corrected chi connectivity index (χ0v) is 16.1. The average molecular weight is 389 g/mol. The SMILES string of the molecule is COc1cccc(CNC(=O)c2cccc(C(=O)NCc3cccc(N)c3)c2)c1. The lowest BCUT2D eigenvalue weighted by Crippen LogP contribution is -2.25. The van der Waals surface area contributed by atoms with Crippen molar-refractivity contribution in [2.24, 2.45) is 0 Å². The predicted molar refractivity (Wildman–Crippen MR) is 113 cm³/mol. The second kappa shape index (κ2) is 9.41. The maximum absolute atomic E-state index is 12.5. The number of anilines is 1. The summed E-state index contributed by atoms with van der Waals surface area (Å²) >= 11 is 0. The molecule has 0 saturated carbocycles. The third kappa shape index (κ3) is 5.59. The molecule has 0 aliphatic heterocycles. The van der Waals surface area contributed by atoms with Gasteiger partial charge in [0.1, 0.15) is 5.75 Å². The first-order chi connectivity index (χ1) is 14.0. The van der Waals surface area contributed by atoms with E-state index in [1.165, 1.54) is 0 Å². The maximum Gasteiger partial charge on any atom is 0.251 e. The van der Waals surface area contributed by atoms with E-state index in [0.717, 1.165) is 16.9 Å². The van der Waals surface area contributed by atoms with Crippen LogP contribution in [0.15, 0.2) is 72.8 Å². The molecule has 3 rings (SSSR count). The largest absolute Gasteiger partial charge is 0.497 e. The second-order valence-electron chi connectivity index (χ2n) is 6.54. The summed E-state index contributed by atoms with van der Waals surface area (Å²) in [5.74, 6) is 0.226. The Morgan fingerprint density at radius 2 is 1.34 bits per heavy atom. The summed E-state index contributed by atoms with van der Waals surface area (Å²) in [6, 6.07) is 21.4. The lowest BCUT2D eigenvalue weighted by atomic mass is 10.1. The minimum atomic E-state index is -0.255. The Morgan fingerprint density at radius 3 is 1.93 bits per heavy atom. The highest BCUT2D eigenvalue weighted by Crippen LogP contribution is 2.13. The molecule has 2 amide bonds. The molecule has 0 heterocycles. The molecular weight excluding hydrogens is 366 g/mol. The molecule has 0 aliphatic carbocycles. The van der Waals surface area contributed by atoms with Crippen LogP contribution in [-0.2, 0) is 13.1 Å². The molecule has 0 aromatic heterocycles. The van der Waals surface area contributed by atoms with Crippen molar-refractivity contribution in [3.63, 3.8) is 0 Å². The fraction of sp³-hybridized carbons (Fsp3) is 0.130. The molecule has 4 N–H and O–H groups in total. The zero-order valence-electron chi connectivity index (χ0n) is 16.1. The van der Waals surface area contributed by atoms with Crippen LogP contribution < -0.4 is 21.1 Å². The fourth-order valence-electron chi connectivity index (χ4n) is 2.86. The average Bonchev–Trinajstić information content (AvgIpc) is 2.76. The number of hydrogen-bond donors (Lipinski definition) is 3. The standard InChI is InChI=1S/C23H23N3O3/c1-29-21-10-3-6-17(12-21)15-26-23(28)19-8-4-7-18(13-19)22(27)25-14-16-5-2-9-20(24)11-16/h2-13H,14-15,24H2,1H3,(H,25,27)(H,26,28). The number of amides is 2. The Kier molecular flexibility index (Phi) is 6.47. The molecule has 0 spiro atoms. The van der Waals surface area contributed by atoms with Crippen molar-refractivity contribution in [3.8, 4) is 5.75 Å². The smallest absolute Gasteiger partial charge is 0.251 e. The number of benzene rings is 3. The number of nitrogen functional groups attached to an aromatic ring is 1. The minimum absolute atomic E-state index is 0.252. The first kappa shape index (κ1) is 19.9. The zero-order chi connectivity index (χ0) is 20.6. The van der Waals surface area contributed by atoms with Crippen LogP contribution in [0.3, 0.4) is 0 Å². The van der Waals surface area contributed by atoms with Crippen LogP contribution in [-0.4, -0.2) is 18.9 Å². The van der Waals surface area contributed by atoms with Crippen LogP contribution in [0.1, 0.15) is 31.8 Å². The number of methoxy groups -OCH3 is 1. The summed E-state index contributed by atoms with van der Waals surface area (Å²) in [4.78, 5) is 24.9. The second-order valence-corrected chi connectivity index (χ2v) is 6.54. The van der Waals surface area contributed by atoms with Gasteiger partial charge in [-0.25, -0.2) is 0 Å². The Labute approximate surface area is 169 Å². The van der Waals surface area contributed by atoms with Crippen molar-refractivity contribution in [2.45, 2.75) is 13.1 Å². The van der Waals surface area contributed by atoms with Crippen LogP contribution in [0.25, 0.3) is 0 Å². The van der Waals surface area contributed by atoms with Gasteiger partial charge in [0.2, 0.25) is 0 Å². The molecule has 6 nitrogen and oxygen atoms in total. The number of carbonyl (C=O) groups excluding carboxylic acids is 2. The van der Waals surface area contributed by atoms with Gasteiger partial charge in [0, 0.05) is 29.9 Å². The number of nitrogens with two attached hydrogens (primary N) is 1. The number of ether oxygens (including phenoxy) is 1. The molecule has 0 fully saturated rings. The topological polar surface area (TPSA) is 93.4 Å². The lowest BCUT2D eigenvalue weighted by Gasteiger charge is -2.09. The molecule has 0 bridgehead atoms. The fourth-order valence-corrected chi connectivity index (χ4v) is 2.86. The lowest BCUT2D eigenvalue weighted by molar-refractivity contribution is 0.0950. The van der Waals surface area contributed by atoms with E-state index in [0.29, 0.717) is 29.9 Å². The first-order valence-electron chi connectivity index (χ1n) is 9.19. The van der Waals surface area contributed by atoms with Crippen molar-refractivity contribution in [1.29, 1.82) is 0 Å². The van der Waals surface area contributed by atoms with E-state index < -0.39 is 0 Å². The van der Waals surface area contributed by atoms with Crippen molar-refractivity contribution in [3.05, 3.63) is 95.1 Å². The molecule has 0 radical (unpaired) electrons. The molecule has 0 atom stereocenters. The number of hydrogen-bond acceptors (Lipinski definition) is 4. The van der Waals surface area contributed by atoms with Gasteiger partial charge in [-0.15, -0.1) is 0 Å². The van der Waals surface area contributed by atoms with Gasteiger partial charge in [0.25, 0.3) is 11.8 Å². The van der Waals surface area contributed by atoms with E-state index in [4.69, 9.17) is 10.5 Å². The maximum atomic E-state index is 12.5. The number of rotatable bonds is 7. The van der Waals surface area contributed by atoms with Crippen molar-refractivity contribution in [2.75, 3.05) is 12.8 Å². The Morgan fingerprint density at radius 1 is 0.793 bits per heavy atom. The molecule has 0 unspecified atom stereocenters. The van der Waals surface area contributed by atoms with Gasteiger partial charge in [-0.2, -0.15) is 0 Å². The highest BCUT2D eigenvalue weighted by Gasteiger charge is 2.11. The highest BCUT2D eigenvalue weighted by molar-refractivity contribution is 5.99. The van der Waals surface area contributed by atoms with E-state index in [2.05, 4.69) is 10.6 Å². The molecule has 3 aromatic carbocycles. The van der Waals surface area contributed by atoms with Crippen molar-refractivity contribution in [1.82, 2.24) is 10.6 Å². The van der Waals surface area contributed by atoms with Gasteiger partial charge in [0.05, 0.1) is 7.11 Å². The van der Waals surface area contributed by atoms with E-state index >= 15 is 0 Å². The molecule has 0 saturated heterocycles. The van der Waals surface area contributed by atoms with Crippen LogP contribution in [0.4, 0.5) is 5.69 Å². The minimum Gasteiger partial charge on any atom is -0.497 e. The van der Waals surface area contributed by atoms with Gasteiger partial charge in [0.15, 0.2) is 0 Å². The summed E-state index contributed by atoms with van der Waals surface area (Å²) in [5.41, 5.74) is 9.07. The number of nitrogens with one attached hydrogen (secondary N) is 2. The summed E-state index contributed by atoms with van der Waals surface area (Å²) in [6.45, 7) is 0.720. The van der Waals surface area contributed by atoms with E-state index in [1.54, 1.807) is 37.4 Å². The first-order valence-corrected chi connectivity index (χ1v) is 9.19. The van der Waals surface area contributed by atoms with Gasteiger partial charge < -0.3 is 21.1 Å².